The second kappa shape index (κ2) is 4.28. The molecule has 2 N–H and O–H groups in total. The van der Waals surface area contributed by atoms with Crippen molar-refractivity contribution in [2.45, 2.75) is 37.8 Å². The molecule has 0 aromatic rings. The Morgan fingerprint density at radius 3 is 2.86 bits per heavy atom. The van der Waals surface area contributed by atoms with E-state index < -0.39 is 6.10 Å². The number of β-amino-alcohol motifs (C(OH)–C–C–N with tert-alkyl or cyclic N) is 1. The summed E-state index contributed by atoms with van der Waals surface area (Å²) in [6.45, 7) is 1.04. The fourth-order valence-electron chi connectivity index (χ4n) is 1.73. The molecule has 2 rings (SSSR count). The lowest BCUT2D eigenvalue weighted by Gasteiger charge is -2.09. The first-order valence-corrected chi connectivity index (χ1v) is 5.34. The molecule has 14 heavy (non-hydrogen) atoms. The summed E-state index contributed by atoms with van der Waals surface area (Å²) in [5, 5.41) is 12.1. The highest BCUT2D eigenvalue weighted by atomic mass is 16.5. The largest absolute Gasteiger partial charge is 0.465 e. The maximum absolute atomic E-state index is 11.4. The lowest BCUT2D eigenvalue weighted by Crippen LogP contribution is -2.32. The molecular weight excluding hydrogens is 182 g/mol. The molecular formula is C10H17NO3. The van der Waals surface area contributed by atoms with Gasteiger partial charge in [0.25, 0.3) is 0 Å². The Kier molecular flexibility index (Phi) is 3.03. The van der Waals surface area contributed by atoms with Crippen molar-refractivity contribution in [1.82, 2.24) is 5.32 Å². The van der Waals surface area contributed by atoms with Gasteiger partial charge in [0.05, 0.1) is 12.7 Å². The smallest absolute Gasteiger partial charge is 0.323 e. The summed E-state index contributed by atoms with van der Waals surface area (Å²) in [4.78, 5) is 11.4. The Morgan fingerprint density at radius 1 is 1.50 bits per heavy atom. The van der Waals surface area contributed by atoms with Crippen LogP contribution >= 0.6 is 0 Å². The van der Waals surface area contributed by atoms with Gasteiger partial charge in [0.2, 0.25) is 0 Å². The average Bonchev–Trinajstić information content (AvgIpc) is 2.87. The summed E-state index contributed by atoms with van der Waals surface area (Å²) in [7, 11) is 0. The van der Waals surface area contributed by atoms with Gasteiger partial charge >= 0.3 is 5.97 Å². The second-order valence-corrected chi connectivity index (χ2v) is 4.25. The van der Waals surface area contributed by atoms with Crippen LogP contribution in [0.3, 0.4) is 0 Å². The molecule has 4 heteroatoms. The quantitative estimate of drug-likeness (QED) is 0.628. The monoisotopic (exact) mass is 199 g/mol. The van der Waals surface area contributed by atoms with Crippen LogP contribution in [0.4, 0.5) is 0 Å². The molecule has 1 heterocycles. The van der Waals surface area contributed by atoms with Gasteiger partial charge in [0, 0.05) is 13.0 Å². The predicted octanol–water partition coefficient (Wildman–Crippen LogP) is 0.0525. The molecule has 0 aromatic heterocycles. The van der Waals surface area contributed by atoms with Crippen LogP contribution in [0.5, 0.6) is 0 Å². The molecule has 0 amide bonds. The fourth-order valence-corrected chi connectivity index (χ4v) is 1.73. The lowest BCUT2D eigenvalue weighted by atomic mass is 10.2. The third-order valence-corrected chi connectivity index (χ3v) is 2.86. The topological polar surface area (TPSA) is 58.6 Å². The van der Waals surface area contributed by atoms with E-state index in [2.05, 4.69) is 5.32 Å². The first-order valence-electron chi connectivity index (χ1n) is 5.34. The zero-order valence-corrected chi connectivity index (χ0v) is 8.24. The Labute approximate surface area is 83.6 Å². The zero-order chi connectivity index (χ0) is 9.97. The molecule has 0 spiro atoms. The number of nitrogens with one attached hydrogen (secondary N) is 1. The van der Waals surface area contributed by atoms with Gasteiger partial charge in [-0.15, -0.1) is 0 Å². The zero-order valence-electron chi connectivity index (χ0n) is 8.24. The number of carbonyl (C=O) groups is 1. The van der Waals surface area contributed by atoms with Gasteiger partial charge in [-0.05, 0) is 12.3 Å². The van der Waals surface area contributed by atoms with Crippen molar-refractivity contribution in [3.05, 3.63) is 0 Å². The van der Waals surface area contributed by atoms with E-state index in [-0.39, 0.29) is 12.0 Å². The average molecular weight is 199 g/mol. The van der Waals surface area contributed by atoms with E-state index in [0.717, 1.165) is 12.3 Å². The van der Waals surface area contributed by atoms with Crippen molar-refractivity contribution in [2.24, 2.45) is 5.92 Å². The van der Waals surface area contributed by atoms with Crippen LogP contribution in [0.2, 0.25) is 0 Å². The van der Waals surface area contributed by atoms with Gasteiger partial charge in [0.1, 0.15) is 6.04 Å². The molecule has 2 aliphatic rings. The summed E-state index contributed by atoms with van der Waals surface area (Å²) in [6.07, 6.45) is 3.68. The van der Waals surface area contributed by atoms with E-state index in [4.69, 9.17) is 4.74 Å². The fraction of sp³-hybridized carbons (Fsp3) is 0.900. The highest BCUT2D eigenvalue weighted by molar-refractivity contribution is 5.76. The van der Waals surface area contributed by atoms with Gasteiger partial charge < -0.3 is 15.2 Å². The van der Waals surface area contributed by atoms with Crippen molar-refractivity contribution in [1.29, 1.82) is 0 Å². The first kappa shape index (κ1) is 9.93. The van der Waals surface area contributed by atoms with Gasteiger partial charge in [-0.1, -0.05) is 12.8 Å². The van der Waals surface area contributed by atoms with E-state index in [1.54, 1.807) is 0 Å². The molecule has 1 saturated heterocycles. The molecule has 0 aromatic carbocycles. The van der Waals surface area contributed by atoms with Gasteiger partial charge in [-0.3, -0.25) is 4.79 Å². The number of aliphatic hydroxyl groups is 1. The maximum Gasteiger partial charge on any atom is 0.323 e. The predicted molar refractivity (Wildman–Crippen MR) is 50.7 cm³/mol. The minimum absolute atomic E-state index is 0.206. The van der Waals surface area contributed by atoms with Gasteiger partial charge in [0.15, 0.2) is 0 Å². The summed E-state index contributed by atoms with van der Waals surface area (Å²) in [5.41, 5.74) is 0. The van der Waals surface area contributed by atoms with Crippen LogP contribution in [0.25, 0.3) is 0 Å². The van der Waals surface area contributed by atoms with Crippen LogP contribution in [-0.4, -0.2) is 36.4 Å². The van der Waals surface area contributed by atoms with Crippen LogP contribution in [0.1, 0.15) is 25.7 Å². The SMILES string of the molecule is O=C(OCCC1CC1)[C@H]1C[C@@H](O)CN1. The van der Waals surface area contributed by atoms with Crippen molar-refractivity contribution in [2.75, 3.05) is 13.2 Å². The third kappa shape index (κ3) is 2.69. The van der Waals surface area contributed by atoms with E-state index in [1.165, 1.54) is 12.8 Å². The molecule has 1 saturated carbocycles. The normalized spacial score (nSPS) is 31.8. The van der Waals surface area contributed by atoms with Gasteiger partial charge in [-0.25, -0.2) is 0 Å². The van der Waals surface area contributed by atoms with Gasteiger partial charge in [-0.2, -0.15) is 0 Å². The highest BCUT2D eigenvalue weighted by Gasteiger charge is 2.29. The molecule has 1 aliphatic heterocycles. The number of rotatable bonds is 4. The summed E-state index contributed by atoms with van der Waals surface area (Å²) in [5.74, 6) is 0.590. The standard InChI is InChI=1S/C10H17NO3/c12-8-5-9(11-6-8)10(13)14-4-3-7-1-2-7/h7-9,11-12H,1-6H2/t8-,9-/m1/s1. The van der Waals surface area contributed by atoms with Crippen LogP contribution < -0.4 is 5.32 Å². The summed E-state index contributed by atoms with van der Waals surface area (Å²) < 4.78 is 5.11. The Hall–Kier alpha value is -0.610. The van der Waals surface area contributed by atoms with Crippen LogP contribution in [0, 0.1) is 5.92 Å². The molecule has 0 radical (unpaired) electrons. The third-order valence-electron chi connectivity index (χ3n) is 2.86. The molecule has 1 aliphatic carbocycles. The Bertz CT molecular complexity index is 215. The Morgan fingerprint density at radius 2 is 2.29 bits per heavy atom. The van der Waals surface area contributed by atoms with Crippen molar-refractivity contribution in [3.8, 4) is 0 Å². The van der Waals surface area contributed by atoms with Crippen molar-refractivity contribution >= 4 is 5.97 Å². The van der Waals surface area contributed by atoms with E-state index in [1.807, 2.05) is 0 Å². The highest BCUT2D eigenvalue weighted by Crippen LogP contribution is 2.32. The van der Waals surface area contributed by atoms with E-state index >= 15 is 0 Å². The molecule has 0 bridgehead atoms. The van der Waals surface area contributed by atoms with Crippen molar-refractivity contribution < 1.29 is 14.6 Å². The first-order chi connectivity index (χ1) is 6.75. The maximum atomic E-state index is 11.4. The number of aliphatic hydroxyl groups excluding tert-OH is 1. The lowest BCUT2D eigenvalue weighted by molar-refractivity contribution is -0.146. The molecule has 4 nitrogen and oxygen atoms in total. The van der Waals surface area contributed by atoms with Crippen LogP contribution in [-0.2, 0) is 9.53 Å². The number of hydrogen-bond acceptors (Lipinski definition) is 4. The summed E-state index contributed by atoms with van der Waals surface area (Å²) in [6, 6.07) is -0.288. The number of esters is 1. The molecule has 80 valence electrons. The minimum atomic E-state index is -0.393. The van der Waals surface area contributed by atoms with E-state index in [0.29, 0.717) is 19.6 Å². The van der Waals surface area contributed by atoms with E-state index in [9.17, 15) is 9.90 Å². The Balaban J connectivity index is 1.61. The summed E-state index contributed by atoms with van der Waals surface area (Å²) >= 11 is 0. The van der Waals surface area contributed by atoms with Crippen molar-refractivity contribution in [3.63, 3.8) is 0 Å². The molecule has 2 atom stereocenters. The second-order valence-electron chi connectivity index (χ2n) is 4.25. The number of ether oxygens (including phenoxy) is 1. The minimum Gasteiger partial charge on any atom is -0.465 e. The molecule has 0 unspecified atom stereocenters. The van der Waals surface area contributed by atoms with Crippen LogP contribution in [0.15, 0.2) is 0 Å². The number of hydrogen-bond donors (Lipinski definition) is 2. The molecule has 2 fully saturated rings. The number of carbonyl (C=O) groups excluding carboxylic acids is 1.